The second kappa shape index (κ2) is 23.7. The second-order valence-electron chi connectivity index (χ2n) is 8.13. The van der Waals surface area contributed by atoms with Crippen molar-refractivity contribution in [2.24, 2.45) is 23.7 Å². The molecule has 0 aromatic carbocycles. The summed E-state index contributed by atoms with van der Waals surface area (Å²) < 4.78 is 0. The number of hydrogen-bond acceptors (Lipinski definition) is 6. The summed E-state index contributed by atoms with van der Waals surface area (Å²) in [5.74, 6) is 0.754. The zero-order valence-corrected chi connectivity index (χ0v) is 23.8. The van der Waals surface area contributed by atoms with Gasteiger partial charge in [0, 0.05) is 47.4 Å². The van der Waals surface area contributed by atoms with E-state index in [4.69, 9.17) is 14.8 Å². The van der Waals surface area contributed by atoms with E-state index in [2.05, 4.69) is 13.8 Å². The van der Waals surface area contributed by atoms with Gasteiger partial charge in [-0.15, -0.1) is 0 Å². The summed E-state index contributed by atoms with van der Waals surface area (Å²) in [6.45, 7) is 8.18. The van der Waals surface area contributed by atoms with Crippen molar-refractivity contribution in [1.29, 1.82) is 0 Å². The van der Waals surface area contributed by atoms with Gasteiger partial charge in [0.15, 0.2) is 0 Å². The first-order chi connectivity index (χ1) is 14.0. The molecule has 8 nitrogen and oxygen atoms in total. The number of aldehydes is 1. The van der Waals surface area contributed by atoms with Gasteiger partial charge in [-0.2, -0.15) is 0 Å². The number of nitrogens with zero attached hydrogens (tertiary/aromatic N) is 2. The van der Waals surface area contributed by atoms with Gasteiger partial charge in [-0.05, 0) is 43.9 Å². The summed E-state index contributed by atoms with van der Waals surface area (Å²) >= 11 is 0. The topological polar surface area (TPSA) is 96.4 Å². The van der Waals surface area contributed by atoms with Gasteiger partial charge in [0.2, 0.25) is 11.8 Å². The van der Waals surface area contributed by atoms with Gasteiger partial charge in [-0.1, -0.05) is 27.7 Å². The Morgan fingerprint density at radius 2 is 1.28 bits per heavy atom. The van der Waals surface area contributed by atoms with E-state index in [9.17, 15) is 14.4 Å². The van der Waals surface area contributed by atoms with Crippen LogP contribution in [0.15, 0.2) is 0 Å². The maximum Gasteiger partial charge on any atom is 1.00 e. The minimum Gasteiger partial charge on any atom is -1.00 e. The number of aliphatic hydroxyl groups is 1. The Labute approximate surface area is 221 Å². The molecule has 3 radical (unpaired) electrons. The molecule has 0 fully saturated rings. The molecule has 0 saturated heterocycles. The predicted molar refractivity (Wildman–Crippen MR) is 124 cm³/mol. The Bertz CT molecular complexity index is 494. The molecule has 1 N–H and O–H groups in total. The first-order valence-electron chi connectivity index (χ1n) is 10.7. The van der Waals surface area contributed by atoms with E-state index in [1.54, 1.807) is 14.1 Å². The zero-order valence-electron chi connectivity index (χ0n) is 22.8. The van der Waals surface area contributed by atoms with Crippen LogP contribution in [0.5, 0.6) is 0 Å². The molecule has 0 aromatic rings. The summed E-state index contributed by atoms with van der Waals surface area (Å²) in [6.07, 6.45) is 5.74. The fourth-order valence-electron chi connectivity index (χ4n) is 3.24. The van der Waals surface area contributed by atoms with Crippen LogP contribution < -0.4 is 29.6 Å². The molecule has 2 amide bonds. The van der Waals surface area contributed by atoms with Crippen LogP contribution in [-0.4, -0.2) is 76.7 Å². The first kappa shape index (κ1) is 38.8. The van der Waals surface area contributed by atoms with Crippen LogP contribution in [0, 0.1) is 23.7 Å². The van der Waals surface area contributed by atoms with E-state index >= 15 is 0 Å². The Balaban J connectivity index is -0.000000145. The van der Waals surface area contributed by atoms with Crippen LogP contribution in [0.4, 0.5) is 0 Å². The molecule has 4 unspecified atom stereocenters. The minimum atomic E-state index is -0.0587. The molecule has 0 aromatic heterocycles. The van der Waals surface area contributed by atoms with Crippen LogP contribution in [0.1, 0.15) is 67.6 Å². The van der Waals surface area contributed by atoms with E-state index in [-0.39, 0.29) is 69.7 Å². The molecule has 0 aliphatic carbocycles. The van der Waals surface area contributed by atoms with Crippen molar-refractivity contribution >= 4 is 26.5 Å². The van der Waals surface area contributed by atoms with Gasteiger partial charge in [0.1, 0.15) is 6.29 Å². The third kappa shape index (κ3) is 19.1. The third-order valence-corrected chi connectivity index (χ3v) is 5.16. The third-order valence-electron chi connectivity index (χ3n) is 5.16. The minimum absolute atomic E-state index is 0. The van der Waals surface area contributed by atoms with Gasteiger partial charge in [-0.3, -0.25) is 19.3 Å². The maximum absolute atomic E-state index is 11.6. The Morgan fingerprint density at radius 3 is 1.59 bits per heavy atom. The molecule has 0 spiro atoms. The van der Waals surface area contributed by atoms with Gasteiger partial charge >= 0.3 is 29.6 Å². The smallest absolute Gasteiger partial charge is 1.00 e. The van der Waals surface area contributed by atoms with Crippen LogP contribution >= 0.6 is 0 Å². The van der Waals surface area contributed by atoms with Crippen molar-refractivity contribution < 1.29 is 60.1 Å². The van der Waals surface area contributed by atoms with Crippen molar-refractivity contribution in [3.05, 3.63) is 0 Å². The van der Waals surface area contributed by atoms with Crippen molar-refractivity contribution in [2.45, 2.75) is 66.2 Å². The van der Waals surface area contributed by atoms with Crippen molar-refractivity contribution in [1.82, 2.24) is 10.1 Å². The van der Waals surface area contributed by atoms with Crippen LogP contribution in [0.2, 0.25) is 0 Å². The number of carbonyl (C=O) groups excluding carboxylic acids is 3. The quantitative estimate of drug-likeness (QED) is 0.217. The van der Waals surface area contributed by atoms with Gasteiger partial charge in [0.05, 0.1) is 14.2 Å². The predicted octanol–water partition coefficient (Wildman–Crippen LogP) is -0.176. The molecular formula is C22H45BN2NaO6. The average molecular weight is 467 g/mol. The number of rotatable bonds is 14. The van der Waals surface area contributed by atoms with E-state index < -0.39 is 0 Å². The summed E-state index contributed by atoms with van der Waals surface area (Å²) in [4.78, 5) is 43.1. The molecular weight excluding hydrogens is 422 g/mol. The largest absolute Gasteiger partial charge is 1.00 e. The van der Waals surface area contributed by atoms with Crippen molar-refractivity contribution in [2.75, 3.05) is 34.9 Å². The van der Waals surface area contributed by atoms with Crippen molar-refractivity contribution in [3.8, 4) is 0 Å². The summed E-state index contributed by atoms with van der Waals surface area (Å²) in [5.41, 5.74) is 0. The molecule has 0 heterocycles. The maximum atomic E-state index is 11.6. The standard InChI is InChI=1S/C11H23NO3.C11H21NO3.B.Na.H/c2*1-9(6-5-7-13)8-10(2)11(14)12(3)15-4;;;/h9-10,13H,5-8H2,1-4H3;7,9-10H,5-6,8H2,1-4H3;;;/q;;;+1;-1. The van der Waals surface area contributed by atoms with Crippen molar-refractivity contribution in [3.63, 3.8) is 0 Å². The average Bonchev–Trinajstić information content (AvgIpc) is 2.74. The molecule has 0 aliphatic rings. The van der Waals surface area contributed by atoms with Gasteiger partial charge < -0.3 is 11.3 Å². The molecule has 10 heteroatoms. The SMILES string of the molecule is CON(C)C(=O)C(C)CC(C)CCC=O.CON(C)C(=O)C(C)CC(C)CCCO.[B].[H-].[Na+]. The number of carbonyl (C=O) groups is 3. The van der Waals surface area contributed by atoms with Crippen LogP contribution in [0.25, 0.3) is 0 Å². The summed E-state index contributed by atoms with van der Waals surface area (Å²) in [7, 11) is 6.19. The second-order valence-corrected chi connectivity index (χ2v) is 8.13. The summed E-state index contributed by atoms with van der Waals surface area (Å²) in [6, 6.07) is 0. The molecule has 0 rings (SSSR count). The zero-order chi connectivity index (χ0) is 23.7. The monoisotopic (exact) mass is 467 g/mol. The molecule has 0 bridgehead atoms. The molecule has 0 aliphatic heterocycles. The Morgan fingerprint density at radius 1 is 0.906 bits per heavy atom. The van der Waals surface area contributed by atoms with Crippen LogP contribution in [0.3, 0.4) is 0 Å². The van der Waals surface area contributed by atoms with E-state index in [0.717, 1.165) is 38.4 Å². The number of hydroxylamine groups is 4. The fraction of sp³-hybridized carbons (Fsp3) is 0.864. The van der Waals surface area contributed by atoms with E-state index in [1.165, 1.54) is 24.3 Å². The van der Waals surface area contributed by atoms with Gasteiger partial charge in [0.25, 0.3) is 0 Å². The van der Waals surface area contributed by atoms with E-state index in [1.807, 2.05) is 13.8 Å². The Kier molecular flexibility index (Phi) is 28.7. The molecule has 4 atom stereocenters. The first-order valence-corrected chi connectivity index (χ1v) is 10.7. The normalized spacial score (nSPS) is 13.7. The molecule has 0 saturated carbocycles. The fourth-order valence-corrected chi connectivity index (χ4v) is 3.24. The number of amides is 2. The van der Waals surface area contributed by atoms with E-state index in [0.29, 0.717) is 18.3 Å². The molecule has 32 heavy (non-hydrogen) atoms. The number of hydrogen-bond donors (Lipinski definition) is 1. The van der Waals surface area contributed by atoms with Crippen LogP contribution in [-0.2, 0) is 24.1 Å². The summed E-state index contributed by atoms with van der Waals surface area (Å²) in [5, 5.41) is 11.2. The number of aliphatic hydroxyl groups excluding tert-OH is 1. The Hall–Kier alpha value is -0.445. The molecule has 183 valence electrons. The van der Waals surface area contributed by atoms with Gasteiger partial charge in [-0.25, -0.2) is 10.1 Å².